The number of nitrogens with zero attached hydrogens (tertiary/aromatic N) is 1. The van der Waals surface area contributed by atoms with Gasteiger partial charge in [0, 0.05) is 21.3 Å². The third-order valence-electron chi connectivity index (χ3n) is 6.75. The zero-order valence-corrected chi connectivity index (χ0v) is 28.1. The maximum atomic E-state index is 12.5. The largest absolute Gasteiger partial charge is 0.493 e. The minimum atomic E-state index is -1.20. The number of hydrogen-bond donors (Lipinski definition) is 4. The first-order valence-electron chi connectivity index (χ1n) is 14.2. The van der Waals surface area contributed by atoms with E-state index >= 15 is 0 Å². The molecular weight excluding hydrogens is 675 g/mol. The number of halogens is 3. The number of carbonyl (C=O) groups excluding carboxylic acids is 2. The Morgan fingerprint density at radius 2 is 1.81 bits per heavy atom. The van der Waals surface area contributed by atoms with Crippen LogP contribution in [0.3, 0.4) is 0 Å². The lowest BCUT2D eigenvalue weighted by Gasteiger charge is -2.28. The van der Waals surface area contributed by atoms with Crippen LogP contribution in [0.25, 0.3) is 0 Å². The highest BCUT2D eigenvalue weighted by Crippen LogP contribution is 2.38. The first-order chi connectivity index (χ1) is 22.5. The van der Waals surface area contributed by atoms with Gasteiger partial charge < -0.3 is 39.4 Å². The van der Waals surface area contributed by atoms with Gasteiger partial charge in [-0.2, -0.15) is 5.10 Å². The van der Waals surface area contributed by atoms with Crippen molar-refractivity contribution in [2.45, 2.75) is 32.7 Å². The third kappa shape index (κ3) is 9.13. The van der Waals surface area contributed by atoms with Crippen molar-refractivity contribution in [3.05, 3.63) is 91.6 Å². The fourth-order valence-corrected chi connectivity index (χ4v) is 5.30. The number of aliphatic hydroxyl groups is 1. The van der Waals surface area contributed by atoms with Gasteiger partial charge in [-0.1, -0.05) is 46.9 Å². The first kappa shape index (κ1) is 35.5. The summed E-state index contributed by atoms with van der Waals surface area (Å²) in [6.07, 6.45) is 0.240. The second-order valence-corrected chi connectivity index (χ2v) is 11.2. The van der Waals surface area contributed by atoms with E-state index in [0.29, 0.717) is 56.5 Å². The van der Waals surface area contributed by atoms with Gasteiger partial charge in [-0.05, 0) is 61.4 Å². The Bertz CT molecular complexity index is 1680. The van der Waals surface area contributed by atoms with Crippen molar-refractivity contribution in [3.8, 4) is 23.0 Å². The quantitative estimate of drug-likeness (QED) is 0.0711. The van der Waals surface area contributed by atoms with Crippen molar-refractivity contribution >= 4 is 53.0 Å². The van der Waals surface area contributed by atoms with Crippen molar-refractivity contribution in [1.82, 2.24) is 16.1 Å². The second kappa shape index (κ2) is 16.5. The number of urea groups is 1. The van der Waals surface area contributed by atoms with E-state index < -0.39 is 24.3 Å². The third-order valence-corrected chi connectivity index (χ3v) is 7.62. The summed E-state index contributed by atoms with van der Waals surface area (Å²) in [5, 5.41) is 21.1. The Balaban J connectivity index is 1.39. The molecule has 1 aliphatic rings. The van der Waals surface area contributed by atoms with Crippen LogP contribution in [0.4, 0.5) is 4.79 Å². The Morgan fingerprint density at radius 3 is 2.51 bits per heavy atom. The van der Waals surface area contributed by atoms with Crippen LogP contribution in [0.15, 0.2) is 64.9 Å². The number of rotatable bonds is 14. The fourth-order valence-electron chi connectivity index (χ4n) is 4.56. The number of benzene rings is 3. The van der Waals surface area contributed by atoms with Crippen LogP contribution in [-0.4, -0.2) is 57.0 Å². The number of nitrogens with one attached hydrogen (secondary N) is 3. The molecule has 0 saturated carbocycles. The van der Waals surface area contributed by atoms with Gasteiger partial charge >= 0.3 is 12.0 Å². The summed E-state index contributed by atoms with van der Waals surface area (Å²) in [6, 6.07) is 12.1. The molecule has 0 unspecified atom stereocenters. The van der Waals surface area contributed by atoms with Gasteiger partial charge in [0.25, 0.3) is 0 Å². The zero-order valence-electron chi connectivity index (χ0n) is 25.9. The van der Waals surface area contributed by atoms with Gasteiger partial charge in [-0.15, -0.1) is 0 Å². The number of ether oxygens (including phenoxy) is 5. The molecule has 0 fully saturated rings. The summed E-state index contributed by atoms with van der Waals surface area (Å²) < 4.78 is 27.8. The molecular formula is C32H33Cl3N4O8. The average molecular weight is 708 g/mol. The highest BCUT2D eigenvalue weighted by atomic mass is 35.5. The first-order valence-corrected chi connectivity index (χ1v) is 15.3. The molecule has 1 heterocycles. The molecule has 12 nitrogen and oxygen atoms in total. The van der Waals surface area contributed by atoms with E-state index in [4.69, 9.17) is 58.5 Å². The van der Waals surface area contributed by atoms with E-state index in [2.05, 4.69) is 21.2 Å². The highest BCUT2D eigenvalue weighted by Gasteiger charge is 2.32. The van der Waals surface area contributed by atoms with E-state index in [-0.39, 0.29) is 23.8 Å². The van der Waals surface area contributed by atoms with Crippen molar-refractivity contribution < 1.29 is 38.4 Å². The van der Waals surface area contributed by atoms with Crippen LogP contribution >= 0.6 is 34.8 Å². The minimum Gasteiger partial charge on any atom is -0.493 e. The van der Waals surface area contributed by atoms with E-state index in [0.717, 1.165) is 5.56 Å². The Morgan fingerprint density at radius 1 is 1.02 bits per heavy atom. The molecule has 47 heavy (non-hydrogen) atoms. The molecule has 0 bridgehead atoms. The van der Waals surface area contributed by atoms with Crippen LogP contribution in [0.5, 0.6) is 23.0 Å². The van der Waals surface area contributed by atoms with Gasteiger partial charge in [0.15, 0.2) is 29.2 Å². The Kier molecular flexibility index (Phi) is 12.4. The summed E-state index contributed by atoms with van der Waals surface area (Å²) in [5.74, 6) is 0.779. The number of hydrazone groups is 1. The number of carbonyl (C=O) groups is 2. The normalized spacial score (nSPS) is 15.1. The van der Waals surface area contributed by atoms with E-state index in [9.17, 15) is 14.7 Å². The Hall–Kier alpha value is -4.36. The number of allylic oxidation sites excluding steroid dienone is 1. The number of methoxy groups -OCH3 is 2. The summed E-state index contributed by atoms with van der Waals surface area (Å²) in [7, 11) is 2.75. The van der Waals surface area contributed by atoms with Crippen molar-refractivity contribution in [2.24, 2.45) is 5.10 Å². The van der Waals surface area contributed by atoms with Crippen LogP contribution in [0, 0.1) is 0 Å². The number of esters is 1. The van der Waals surface area contributed by atoms with Crippen molar-refractivity contribution in [3.63, 3.8) is 0 Å². The highest BCUT2D eigenvalue weighted by molar-refractivity contribution is 6.35. The van der Waals surface area contributed by atoms with Gasteiger partial charge in [-0.3, -0.25) is 5.43 Å². The predicted octanol–water partition coefficient (Wildman–Crippen LogP) is 5.75. The van der Waals surface area contributed by atoms with Crippen molar-refractivity contribution in [2.75, 3.05) is 27.4 Å². The maximum Gasteiger partial charge on any atom is 0.337 e. The molecule has 0 radical (unpaired) electrons. The standard InChI is InChI=1S/C32H33Cl3N4O8/c1-5-45-25-12-19(29-28(31(41)44-4)17(2)37-32(42)38-29)7-9-24(25)46-16-27(40)39-36-14-18-10-23(35)30(26(11-18)43-3)47-15-20-6-8-21(33)13-22(20)34/h6-14,27,29,39-40H,5,15-16H2,1-4H3,(H2,37,38,42)/b36-14-/t27-,29-/m1/s1. The second-order valence-electron chi connectivity index (χ2n) is 9.97. The molecule has 0 saturated heterocycles. The fraction of sp³-hybridized carbons (Fsp3) is 0.281. The smallest absolute Gasteiger partial charge is 0.337 e. The molecule has 0 aromatic heterocycles. The van der Waals surface area contributed by atoms with Gasteiger partial charge in [-0.25, -0.2) is 9.59 Å². The van der Waals surface area contributed by atoms with Crippen molar-refractivity contribution in [1.29, 1.82) is 0 Å². The molecule has 15 heteroatoms. The van der Waals surface area contributed by atoms with Gasteiger partial charge in [0.2, 0.25) is 0 Å². The van der Waals surface area contributed by atoms with Crippen LogP contribution in [0.1, 0.15) is 36.6 Å². The monoisotopic (exact) mass is 706 g/mol. The van der Waals surface area contributed by atoms with E-state index in [1.54, 1.807) is 62.4 Å². The summed E-state index contributed by atoms with van der Waals surface area (Å²) >= 11 is 18.7. The lowest BCUT2D eigenvalue weighted by Crippen LogP contribution is -2.45. The van der Waals surface area contributed by atoms with Gasteiger partial charge in [0.05, 0.1) is 43.7 Å². The number of aliphatic hydroxyl groups excluding tert-OH is 1. The lowest BCUT2D eigenvalue weighted by atomic mass is 9.95. The summed E-state index contributed by atoms with van der Waals surface area (Å²) in [6.45, 7) is 3.67. The number of hydrogen-bond acceptors (Lipinski definition) is 10. The molecule has 2 amide bonds. The molecule has 4 N–H and O–H groups in total. The molecule has 4 rings (SSSR count). The molecule has 0 spiro atoms. The molecule has 250 valence electrons. The lowest BCUT2D eigenvalue weighted by molar-refractivity contribution is -0.136. The van der Waals surface area contributed by atoms with E-state index in [1.165, 1.54) is 20.4 Å². The van der Waals surface area contributed by atoms with Crippen LogP contribution < -0.4 is 35.0 Å². The average Bonchev–Trinajstić information content (AvgIpc) is 3.03. The van der Waals surface area contributed by atoms with Gasteiger partial charge in [0.1, 0.15) is 13.2 Å². The van der Waals surface area contributed by atoms with Crippen LogP contribution in [0.2, 0.25) is 15.1 Å². The van der Waals surface area contributed by atoms with E-state index in [1.807, 2.05) is 0 Å². The zero-order chi connectivity index (χ0) is 34.1. The molecule has 1 aliphatic heterocycles. The summed E-state index contributed by atoms with van der Waals surface area (Å²) in [5.41, 5.74) is 5.08. The Labute approximate surface area is 286 Å². The minimum absolute atomic E-state index is 0.140. The summed E-state index contributed by atoms with van der Waals surface area (Å²) in [4.78, 5) is 24.6. The molecule has 3 aromatic rings. The molecule has 2 atom stereocenters. The van der Waals surface area contributed by atoms with Crippen LogP contribution in [-0.2, 0) is 16.1 Å². The molecule has 0 aliphatic carbocycles. The maximum absolute atomic E-state index is 12.5. The predicted molar refractivity (Wildman–Crippen MR) is 178 cm³/mol. The number of amides is 2. The topological polar surface area (TPSA) is 149 Å². The molecule has 3 aromatic carbocycles. The SMILES string of the molecule is CCOc1cc([C@H]2NC(=O)NC(C)=C2C(=O)OC)ccc1OC[C@@H](O)N/N=C\c1cc(Cl)c(OCc2ccc(Cl)cc2Cl)c(OC)c1.